The number of pyridine rings is 1. The highest BCUT2D eigenvalue weighted by atomic mass is 32.2. The molecule has 0 unspecified atom stereocenters. The summed E-state index contributed by atoms with van der Waals surface area (Å²) < 4.78 is 0. The maximum absolute atomic E-state index is 11.0. The van der Waals surface area contributed by atoms with Gasteiger partial charge in [-0.05, 0) is 25.0 Å². The molecule has 1 aliphatic heterocycles. The van der Waals surface area contributed by atoms with Crippen molar-refractivity contribution in [1.82, 2.24) is 14.9 Å². The van der Waals surface area contributed by atoms with Crippen molar-refractivity contribution in [3.8, 4) is 0 Å². The van der Waals surface area contributed by atoms with Gasteiger partial charge in [-0.15, -0.1) is 23.1 Å². The fraction of sp³-hybridized carbons (Fsp3) is 0.316. The molecular weight excluding hydrogens is 366 g/mol. The molecule has 5 nitrogen and oxygen atoms in total. The lowest BCUT2D eigenvalue weighted by Gasteiger charge is -2.28. The van der Waals surface area contributed by atoms with Crippen LogP contribution in [0.3, 0.4) is 0 Å². The molecular formula is C19H19N3O2S2. The summed E-state index contributed by atoms with van der Waals surface area (Å²) in [5, 5.41) is 13.5. The van der Waals surface area contributed by atoms with Crippen molar-refractivity contribution >= 4 is 40.1 Å². The zero-order valence-corrected chi connectivity index (χ0v) is 15.8. The van der Waals surface area contributed by atoms with Gasteiger partial charge < -0.3 is 10.0 Å². The van der Waals surface area contributed by atoms with Gasteiger partial charge in [-0.25, -0.2) is 9.78 Å². The lowest BCUT2D eigenvalue weighted by Crippen LogP contribution is -2.36. The van der Waals surface area contributed by atoms with Gasteiger partial charge in [0.1, 0.15) is 0 Å². The smallest absolute Gasteiger partial charge is 0.407 e. The molecule has 2 aromatic heterocycles. The number of hydrogen-bond acceptors (Lipinski definition) is 5. The molecule has 0 saturated carbocycles. The number of rotatable bonds is 4. The van der Waals surface area contributed by atoms with Gasteiger partial charge in [-0.1, -0.05) is 18.2 Å². The van der Waals surface area contributed by atoms with E-state index in [0.717, 1.165) is 40.2 Å². The fourth-order valence-corrected chi connectivity index (χ4v) is 5.27. The molecule has 7 heteroatoms. The number of para-hydroxylation sites is 1. The molecule has 0 spiro atoms. The van der Waals surface area contributed by atoms with Gasteiger partial charge in [-0.2, -0.15) is 0 Å². The molecule has 1 aliphatic rings. The van der Waals surface area contributed by atoms with Gasteiger partial charge in [0, 0.05) is 46.6 Å². The summed E-state index contributed by atoms with van der Waals surface area (Å²) in [4.78, 5) is 23.0. The average Bonchev–Trinajstić information content (AvgIpc) is 3.15. The number of thioether (sulfide) groups is 1. The minimum absolute atomic E-state index is 0.383. The second-order valence-corrected chi connectivity index (χ2v) is 8.25. The van der Waals surface area contributed by atoms with Crippen LogP contribution >= 0.6 is 23.1 Å². The number of piperidine rings is 1. The molecule has 1 amide bonds. The number of aromatic nitrogens is 2. The van der Waals surface area contributed by atoms with E-state index in [-0.39, 0.29) is 0 Å². The maximum atomic E-state index is 11.0. The first-order valence-electron chi connectivity index (χ1n) is 8.59. The van der Waals surface area contributed by atoms with E-state index in [9.17, 15) is 4.79 Å². The van der Waals surface area contributed by atoms with Crippen LogP contribution in [0.4, 0.5) is 4.79 Å². The van der Waals surface area contributed by atoms with Crippen molar-refractivity contribution in [2.45, 2.75) is 29.4 Å². The predicted octanol–water partition coefficient (Wildman–Crippen LogP) is 4.84. The van der Waals surface area contributed by atoms with E-state index in [1.807, 2.05) is 12.3 Å². The lowest BCUT2D eigenvalue weighted by atomic mass is 9.98. The molecule has 4 rings (SSSR count). The molecule has 3 heterocycles. The van der Waals surface area contributed by atoms with E-state index in [1.165, 1.54) is 9.80 Å². The van der Waals surface area contributed by atoms with Gasteiger partial charge in [-0.3, -0.25) is 4.98 Å². The van der Waals surface area contributed by atoms with Crippen LogP contribution < -0.4 is 0 Å². The Morgan fingerprint density at radius 3 is 2.88 bits per heavy atom. The van der Waals surface area contributed by atoms with Crippen LogP contribution in [0.25, 0.3) is 10.9 Å². The number of amides is 1. The van der Waals surface area contributed by atoms with Crippen LogP contribution in [-0.4, -0.2) is 39.2 Å². The molecule has 0 radical (unpaired) electrons. The third-order valence-electron chi connectivity index (χ3n) is 4.66. The summed E-state index contributed by atoms with van der Waals surface area (Å²) in [7, 11) is 0. The summed E-state index contributed by atoms with van der Waals surface area (Å²) in [6.07, 6.45) is 2.74. The number of nitrogens with zero attached hydrogens (tertiary/aromatic N) is 3. The Morgan fingerprint density at radius 2 is 2.08 bits per heavy atom. The van der Waals surface area contributed by atoms with Crippen molar-refractivity contribution in [1.29, 1.82) is 0 Å². The Kier molecular flexibility index (Phi) is 5.08. The van der Waals surface area contributed by atoms with E-state index in [2.05, 4.69) is 34.6 Å². The van der Waals surface area contributed by atoms with Gasteiger partial charge in [0.05, 0.1) is 16.2 Å². The zero-order chi connectivity index (χ0) is 17.9. The Bertz CT molecular complexity index is 915. The molecule has 1 N–H and O–H groups in total. The molecule has 0 bridgehead atoms. The van der Waals surface area contributed by atoms with Crippen molar-refractivity contribution in [3.05, 3.63) is 52.6 Å². The third kappa shape index (κ3) is 3.68. The third-order valence-corrected chi connectivity index (χ3v) is 6.79. The second kappa shape index (κ2) is 7.63. The Morgan fingerprint density at radius 1 is 1.27 bits per heavy atom. The zero-order valence-electron chi connectivity index (χ0n) is 14.2. The summed E-state index contributed by atoms with van der Waals surface area (Å²) in [6, 6.07) is 10.3. The van der Waals surface area contributed by atoms with Crippen LogP contribution in [0.5, 0.6) is 0 Å². The molecule has 0 aliphatic carbocycles. The Hall–Kier alpha value is -2.12. The summed E-state index contributed by atoms with van der Waals surface area (Å²) in [5.41, 5.74) is 2.13. The number of carboxylic acid groups (broad SMARTS) is 1. The van der Waals surface area contributed by atoms with Crippen molar-refractivity contribution in [3.63, 3.8) is 0 Å². The highest BCUT2D eigenvalue weighted by molar-refractivity contribution is 7.98. The first-order valence-corrected chi connectivity index (χ1v) is 10.5. The van der Waals surface area contributed by atoms with Crippen LogP contribution in [-0.2, 0) is 5.75 Å². The number of likely N-dealkylation sites (tertiary alicyclic amines) is 1. The number of benzene rings is 1. The van der Waals surface area contributed by atoms with E-state index < -0.39 is 6.09 Å². The summed E-state index contributed by atoms with van der Waals surface area (Å²) in [6.45, 7) is 1.21. The van der Waals surface area contributed by atoms with E-state index in [0.29, 0.717) is 19.0 Å². The largest absolute Gasteiger partial charge is 0.465 e. The number of carbonyl (C=O) groups is 1. The van der Waals surface area contributed by atoms with Crippen molar-refractivity contribution < 1.29 is 9.90 Å². The van der Waals surface area contributed by atoms with Crippen molar-refractivity contribution in [2.75, 3.05) is 13.1 Å². The van der Waals surface area contributed by atoms with Crippen LogP contribution in [0, 0.1) is 0 Å². The van der Waals surface area contributed by atoms with Gasteiger partial charge in [0.25, 0.3) is 0 Å². The highest BCUT2D eigenvalue weighted by Gasteiger charge is 2.25. The quantitative estimate of drug-likeness (QED) is 0.651. The molecule has 26 heavy (non-hydrogen) atoms. The van der Waals surface area contributed by atoms with E-state index in [4.69, 9.17) is 10.1 Å². The highest BCUT2D eigenvalue weighted by Crippen LogP contribution is 2.33. The molecule has 3 aromatic rings. The Balaban J connectivity index is 1.40. The lowest BCUT2D eigenvalue weighted by molar-refractivity contribution is 0.132. The maximum Gasteiger partial charge on any atom is 0.407 e. The number of fused-ring (bicyclic) bond motifs is 1. The SMILES string of the molecule is O=C(O)N1CCC(c2nc(CSc3cccc4cccnc34)cs2)CC1. The van der Waals surface area contributed by atoms with Crippen LogP contribution in [0.2, 0.25) is 0 Å². The first kappa shape index (κ1) is 17.3. The van der Waals surface area contributed by atoms with Crippen molar-refractivity contribution in [2.24, 2.45) is 0 Å². The van der Waals surface area contributed by atoms with E-state index in [1.54, 1.807) is 23.1 Å². The molecule has 1 saturated heterocycles. The minimum Gasteiger partial charge on any atom is -0.465 e. The van der Waals surface area contributed by atoms with Crippen LogP contribution in [0.15, 0.2) is 46.8 Å². The molecule has 134 valence electrons. The first-order chi connectivity index (χ1) is 12.7. The Labute approximate surface area is 160 Å². The standard InChI is InChI=1S/C19H19N3O2S2/c23-19(24)22-9-6-14(7-10-22)18-21-15(12-26-18)11-25-16-5-1-3-13-4-2-8-20-17(13)16/h1-5,8,12,14H,6-7,9-11H2,(H,23,24). The normalized spacial score (nSPS) is 15.5. The average molecular weight is 386 g/mol. The summed E-state index contributed by atoms with van der Waals surface area (Å²) in [5.74, 6) is 1.20. The van der Waals surface area contributed by atoms with Gasteiger partial charge in [0.2, 0.25) is 0 Å². The number of hydrogen-bond donors (Lipinski definition) is 1. The number of thiazole rings is 1. The minimum atomic E-state index is -0.816. The fourth-order valence-electron chi connectivity index (χ4n) is 3.24. The monoisotopic (exact) mass is 385 g/mol. The summed E-state index contributed by atoms with van der Waals surface area (Å²) >= 11 is 3.46. The predicted molar refractivity (Wildman–Crippen MR) is 105 cm³/mol. The molecule has 1 fully saturated rings. The van der Waals surface area contributed by atoms with Gasteiger partial charge in [0.15, 0.2) is 0 Å². The van der Waals surface area contributed by atoms with E-state index >= 15 is 0 Å². The van der Waals surface area contributed by atoms with Gasteiger partial charge >= 0.3 is 6.09 Å². The topological polar surface area (TPSA) is 66.3 Å². The molecule has 1 aromatic carbocycles. The molecule has 0 atom stereocenters. The second-order valence-electron chi connectivity index (χ2n) is 6.34. The van der Waals surface area contributed by atoms with Crippen LogP contribution in [0.1, 0.15) is 29.5 Å².